The summed E-state index contributed by atoms with van der Waals surface area (Å²) in [5.41, 5.74) is 1.49. The van der Waals surface area contributed by atoms with Gasteiger partial charge in [-0.15, -0.1) is 0 Å². The number of halogens is 1. The van der Waals surface area contributed by atoms with Crippen LogP contribution in [0.2, 0.25) is 0 Å². The molecule has 0 aromatic heterocycles. The van der Waals surface area contributed by atoms with Crippen LogP contribution in [-0.4, -0.2) is 15.3 Å². The first-order valence-corrected chi connectivity index (χ1v) is 8.39. The number of carbonyl (C=O) groups excluding carboxylic acids is 1. The third-order valence-corrected chi connectivity index (χ3v) is 4.82. The van der Waals surface area contributed by atoms with Gasteiger partial charge in [0.15, 0.2) is 4.32 Å². The van der Waals surface area contributed by atoms with Crippen LogP contribution in [-0.2, 0) is 4.79 Å². The van der Waals surface area contributed by atoms with E-state index < -0.39 is 0 Å². The van der Waals surface area contributed by atoms with Crippen LogP contribution in [0.4, 0.5) is 5.69 Å². The molecule has 1 aliphatic heterocycles. The number of anilines is 1. The number of amides is 1. The summed E-state index contributed by atoms with van der Waals surface area (Å²) in [5.74, 6) is -0.0805. The van der Waals surface area contributed by atoms with Crippen molar-refractivity contribution in [3.63, 3.8) is 0 Å². The first-order valence-electron chi connectivity index (χ1n) is 6.37. The summed E-state index contributed by atoms with van der Waals surface area (Å²) >= 11 is 9.96. The highest BCUT2D eigenvalue weighted by Gasteiger charge is 2.33. The topological polar surface area (TPSA) is 40.5 Å². The molecule has 0 unspecified atom stereocenters. The number of phenols is 1. The minimum Gasteiger partial charge on any atom is -0.508 e. The average Bonchev–Trinajstić information content (AvgIpc) is 2.73. The Morgan fingerprint density at radius 3 is 2.68 bits per heavy atom. The van der Waals surface area contributed by atoms with Crippen molar-refractivity contribution in [3.05, 3.63) is 63.5 Å². The molecule has 22 heavy (non-hydrogen) atoms. The van der Waals surface area contributed by atoms with Crippen molar-refractivity contribution in [2.24, 2.45) is 0 Å². The minimum atomic E-state index is -0.180. The van der Waals surface area contributed by atoms with Crippen molar-refractivity contribution in [2.45, 2.75) is 0 Å². The third-order valence-electron chi connectivity index (χ3n) is 3.03. The lowest BCUT2D eigenvalue weighted by Crippen LogP contribution is -2.27. The van der Waals surface area contributed by atoms with E-state index >= 15 is 0 Å². The van der Waals surface area contributed by atoms with Crippen LogP contribution in [0.15, 0.2) is 57.9 Å². The Hall–Kier alpha value is -1.63. The Balaban J connectivity index is 1.95. The largest absolute Gasteiger partial charge is 0.508 e. The number of hydrogen-bond acceptors (Lipinski definition) is 4. The Morgan fingerprint density at radius 2 is 1.95 bits per heavy atom. The van der Waals surface area contributed by atoms with Crippen LogP contribution in [0.3, 0.4) is 0 Å². The van der Waals surface area contributed by atoms with Gasteiger partial charge in [-0.1, -0.05) is 58.1 Å². The molecule has 6 heteroatoms. The number of thiocarbonyl (C=S) groups is 1. The van der Waals surface area contributed by atoms with E-state index in [-0.39, 0.29) is 11.7 Å². The number of phenolic OH excluding ortho intramolecular Hbond substituents is 1. The smallest absolute Gasteiger partial charge is 0.270 e. The van der Waals surface area contributed by atoms with Crippen molar-refractivity contribution in [1.82, 2.24) is 0 Å². The number of benzene rings is 2. The standard InChI is InChI=1S/C16H10BrNO2S2/c17-11-4-1-3-10(7-11)8-14-15(20)18(16(21)22-14)12-5-2-6-13(19)9-12/h1-9,19H. The van der Waals surface area contributed by atoms with Gasteiger partial charge in [0.05, 0.1) is 10.6 Å². The lowest BCUT2D eigenvalue weighted by atomic mass is 10.2. The molecule has 110 valence electrons. The van der Waals surface area contributed by atoms with Crippen LogP contribution >= 0.6 is 39.9 Å². The Morgan fingerprint density at radius 1 is 1.18 bits per heavy atom. The van der Waals surface area contributed by atoms with E-state index in [1.54, 1.807) is 18.2 Å². The molecule has 1 fully saturated rings. The van der Waals surface area contributed by atoms with Crippen LogP contribution in [0.1, 0.15) is 5.56 Å². The van der Waals surface area contributed by atoms with E-state index in [0.29, 0.717) is 14.9 Å². The van der Waals surface area contributed by atoms with Crippen molar-refractivity contribution in [1.29, 1.82) is 0 Å². The molecule has 0 atom stereocenters. The molecule has 3 nitrogen and oxygen atoms in total. The van der Waals surface area contributed by atoms with Gasteiger partial charge in [0.25, 0.3) is 5.91 Å². The molecule has 0 spiro atoms. The predicted molar refractivity (Wildman–Crippen MR) is 97.9 cm³/mol. The first-order chi connectivity index (χ1) is 10.5. The third kappa shape index (κ3) is 3.09. The Bertz CT molecular complexity index is 804. The van der Waals surface area contributed by atoms with Crippen LogP contribution in [0, 0.1) is 0 Å². The second kappa shape index (κ2) is 6.24. The van der Waals surface area contributed by atoms with Gasteiger partial charge in [0, 0.05) is 10.5 Å². The van der Waals surface area contributed by atoms with Crippen molar-refractivity contribution in [2.75, 3.05) is 4.90 Å². The molecule has 0 bridgehead atoms. The molecule has 2 aromatic carbocycles. The summed E-state index contributed by atoms with van der Waals surface area (Å²) < 4.78 is 1.40. The summed E-state index contributed by atoms with van der Waals surface area (Å²) in [5, 5.41) is 9.57. The molecule has 1 saturated heterocycles. The fourth-order valence-electron chi connectivity index (χ4n) is 2.07. The number of aromatic hydroxyl groups is 1. The minimum absolute atomic E-state index is 0.0996. The van der Waals surface area contributed by atoms with E-state index in [4.69, 9.17) is 12.2 Å². The summed E-state index contributed by atoms with van der Waals surface area (Å²) in [4.78, 5) is 14.6. The molecule has 2 aromatic rings. The zero-order valence-electron chi connectivity index (χ0n) is 11.2. The Labute approximate surface area is 145 Å². The maximum Gasteiger partial charge on any atom is 0.270 e. The van der Waals surface area contributed by atoms with E-state index in [1.807, 2.05) is 30.3 Å². The fraction of sp³-hybridized carbons (Fsp3) is 0. The molecule has 3 rings (SSSR count). The highest BCUT2D eigenvalue weighted by atomic mass is 79.9. The SMILES string of the molecule is O=C1C(=Cc2cccc(Br)c2)SC(=S)N1c1cccc(O)c1. The van der Waals surface area contributed by atoms with Gasteiger partial charge >= 0.3 is 0 Å². The molecule has 1 amide bonds. The normalized spacial score (nSPS) is 16.6. The molecule has 1 heterocycles. The van der Waals surface area contributed by atoms with Gasteiger partial charge < -0.3 is 5.11 Å². The molecular weight excluding hydrogens is 382 g/mol. The maximum absolute atomic E-state index is 12.6. The van der Waals surface area contributed by atoms with E-state index in [9.17, 15) is 9.90 Å². The number of carbonyl (C=O) groups is 1. The van der Waals surface area contributed by atoms with Crippen LogP contribution < -0.4 is 4.90 Å². The van der Waals surface area contributed by atoms with Gasteiger partial charge in [0.2, 0.25) is 0 Å². The van der Waals surface area contributed by atoms with Crippen molar-refractivity contribution in [3.8, 4) is 5.75 Å². The second-order valence-electron chi connectivity index (χ2n) is 4.59. The van der Waals surface area contributed by atoms with Crippen molar-refractivity contribution < 1.29 is 9.90 Å². The van der Waals surface area contributed by atoms with Gasteiger partial charge in [-0.2, -0.15) is 0 Å². The van der Waals surface area contributed by atoms with Crippen LogP contribution in [0.5, 0.6) is 5.75 Å². The molecule has 0 radical (unpaired) electrons. The van der Waals surface area contributed by atoms with Gasteiger partial charge in [-0.3, -0.25) is 9.69 Å². The first kappa shape index (κ1) is 15.3. The zero-order valence-corrected chi connectivity index (χ0v) is 14.4. The lowest BCUT2D eigenvalue weighted by molar-refractivity contribution is -0.113. The van der Waals surface area contributed by atoms with E-state index in [2.05, 4.69) is 15.9 Å². The molecule has 1 aliphatic rings. The van der Waals surface area contributed by atoms with E-state index in [1.165, 1.54) is 22.7 Å². The summed E-state index contributed by atoms with van der Waals surface area (Å²) in [6.45, 7) is 0. The fourth-order valence-corrected chi connectivity index (χ4v) is 3.79. The lowest BCUT2D eigenvalue weighted by Gasteiger charge is -2.14. The number of rotatable bonds is 2. The van der Waals surface area contributed by atoms with E-state index in [0.717, 1.165) is 10.0 Å². The molecule has 0 aliphatic carbocycles. The molecular formula is C16H10BrNO2S2. The zero-order chi connectivity index (χ0) is 15.7. The summed E-state index contributed by atoms with van der Waals surface area (Å²) in [6, 6.07) is 14.2. The van der Waals surface area contributed by atoms with Gasteiger partial charge in [-0.25, -0.2) is 0 Å². The maximum atomic E-state index is 12.6. The predicted octanol–water partition coefficient (Wildman–Crippen LogP) is 4.56. The number of hydrogen-bond donors (Lipinski definition) is 1. The van der Waals surface area contributed by atoms with Crippen molar-refractivity contribution >= 4 is 61.9 Å². The molecule has 0 saturated carbocycles. The number of thioether (sulfide) groups is 1. The average molecular weight is 392 g/mol. The second-order valence-corrected chi connectivity index (χ2v) is 7.18. The number of nitrogens with zero attached hydrogens (tertiary/aromatic N) is 1. The molecule has 1 N–H and O–H groups in total. The Kier molecular flexibility index (Phi) is 4.33. The quantitative estimate of drug-likeness (QED) is 0.601. The van der Waals surface area contributed by atoms with Gasteiger partial charge in [0.1, 0.15) is 5.75 Å². The summed E-state index contributed by atoms with van der Waals surface area (Å²) in [6.07, 6.45) is 1.81. The summed E-state index contributed by atoms with van der Waals surface area (Å²) in [7, 11) is 0. The van der Waals surface area contributed by atoms with Crippen LogP contribution in [0.25, 0.3) is 6.08 Å². The monoisotopic (exact) mass is 391 g/mol. The van der Waals surface area contributed by atoms with Gasteiger partial charge in [-0.05, 0) is 35.9 Å². The highest BCUT2D eigenvalue weighted by molar-refractivity contribution is 9.10. The highest BCUT2D eigenvalue weighted by Crippen LogP contribution is 2.36.